The number of rotatable bonds is 1. The molecule has 88 valence electrons. The van der Waals surface area contributed by atoms with Gasteiger partial charge in [-0.15, -0.1) is 0 Å². The predicted molar refractivity (Wildman–Crippen MR) is 74.1 cm³/mol. The lowest BCUT2D eigenvalue weighted by atomic mass is 9.99. The second-order valence-corrected chi connectivity index (χ2v) is 4.76. The molecule has 3 rings (SSSR count). The average molecular weight is 234 g/mol. The van der Waals surface area contributed by atoms with Gasteiger partial charge in [-0.2, -0.15) is 5.11 Å². The molecule has 0 saturated heterocycles. The first-order valence-electron chi connectivity index (χ1n) is 6.01. The molecule has 0 aliphatic heterocycles. The number of hydrogen-bond acceptors (Lipinski definition) is 2. The highest BCUT2D eigenvalue weighted by molar-refractivity contribution is 6.02. The number of hydrogen-bond donors (Lipinski definition) is 1. The maximum Gasteiger partial charge on any atom is 0.0856 e. The highest BCUT2D eigenvalue weighted by Crippen LogP contribution is 2.46. The first kappa shape index (κ1) is 10.9. The fourth-order valence-corrected chi connectivity index (χ4v) is 2.66. The number of benzene rings is 2. The summed E-state index contributed by atoms with van der Waals surface area (Å²) in [7, 11) is 0. The first-order valence-corrected chi connectivity index (χ1v) is 6.01. The minimum atomic E-state index is 0.709. The van der Waals surface area contributed by atoms with Crippen LogP contribution in [0.5, 0.6) is 0 Å². The van der Waals surface area contributed by atoms with E-state index in [9.17, 15) is 0 Å². The highest BCUT2D eigenvalue weighted by Gasteiger charge is 2.23. The van der Waals surface area contributed by atoms with Crippen LogP contribution in [-0.2, 0) is 0 Å². The largest absolute Gasteiger partial charge is 0.204 e. The van der Waals surface area contributed by atoms with Gasteiger partial charge in [0, 0.05) is 0 Å². The van der Waals surface area contributed by atoms with E-state index in [0.29, 0.717) is 5.69 Å². The van der Waals surface area contributed by atoms with Crippen molar-refractivity contribution in [1.29, 1.82) is 5.53 Å². The van der Waals surface area contributed by atoms with Crippen molar-refractivity contribution >= 4 is 11.3 Å². The Bertz CT molecular complexity index is 677. The summed E-state index contributed by atoms with van der Waals surface area (Å²) in [5.74, 6) is 0. The van der Waals surface area contributed by atoms with Crippen LogP contribution in [-0.4, -0.2) is 0 Å². The van der Waals surface area contributed by atoms with E-state index in [-0.39, 0.29) is 0 Å². The summed E-state index contributed by atoms with van der Waals surface area (Å²) < 4.78 is 0. The molecule has 1 aliphatic rings. The lowest BCUT2D eigenvalue weighted by Crippen LogP contribution is -1.84. The van der Waals surface area contributed by atoms with Crippen molar-refractivity contribution in [3.63, 3.8) is 0 Å². The van der Waals surface area contributed by atoms with Crippen LogP contribution in [0, 0.1) is 5.53 Å². The topological polar surface area (TPSA) is 36.2 Å². The molecule has 0 radical (unpaired) electrons. The molecule has 1 N–H and O–H groups in total. The van der Waals surface area contributed by atoms with Crippen molar-refractivity contribution in [3.8, 4) is 11.1 Å². The molecular weight excluding hydrogens is 220 g/mol. The van der Waals surface area contributed by atoms with Gasteiger partial charge in [-0.25, -0.2) is 5.53 Å². The average Bonchev–Trinajstić information content (AvgIpc) is 2.72. The predicted octanol–water partition coefficient (Wildman–Crippen LogP) is 5.17. The fourth-order valence-electron chi connectivity index (χ4n) is 2.66. The van der Waals surface area contributed by atoms with Gasteiger partial charge in [-0.1, -0.05) is 35.9 Å². The Morgan fingerprint density at radius 3 is 2.22 bits per heavy atom. The molecule has 0 atom stereocenters. The van der Waals surface area contributed by atoms with Gasteiger partial charge in [0.15, 0.2) is 0 Å². The van der Waals surface area contributed by atoms with E-state index in [2.05, 4.69) is 49.3 Å². The Hall–Kier alpha value is -2.22. The molecule has 0 bridgehead atoms. The third kappa shape index (κ3) is 1.42. The number of nitrogens with one attached hydrogen (secondary N) is 1. The number of nitrogens with zero attached hydrogens (tertiary/aromatic N) is 1. The zero-order valence-corrected chi connectivity index (χ0v) is 10.5. The summed E-state index contributed by atoms with van der Waals surface area (Å²) in [6, 6.07) is 14.4. The first-order chi connectivity index (χ1) is 8.72. The molecule has 2 aromatic carbocycles. The molecular formula is C16H14N2. The standard InChI is InChI=1S/C16H14N2/c1-10(2)16-14-6-4-3-5-12(14)13-8-7-11(18-17)9-15(13)16/h3-9,17H,1-2H3. The van der Waals surface area contributed by atoms with E-state index in [1.807, 2.05) is 12.1 Å². The van der Waals surface area contributed by atoms with Gasteiger partial charge in [0.2, 0.25) is 0 Å². The van der Waals surface area contributed by atoms with Crippen molar-refractivity contribution in [3.05, 3.63) is 59.2 Å². The second-order valence-electron chi connectivity index (χ2n) is 4.76. The highest BCUT2D eigenvalue weighted by atomic mass is 15.0. The van der Waals surface area contributed by atoms with Crippen molar-refractivity contribution in [2.75, 3.05) is 0 Å². The van der Waals surface area contributed by atoms with Gasteiger partial charge in [-0.3, -0.25) is 0 Å². The maximum atomic E-state index is 7.15. The normalized spacial score (nSPS) is 12.0. The monoisotopic (exact) mass is 234 g/mol. The second kappa shape index (κ2) is 3.91. The van der Waals surface area contributed by atoms with Gasteiger partial charge < -0.3 is 0 Å². The SMILES string of the molecule is CC(C)=C1c2ccccc2-c2ccc(N=N)cc21. The number of allylic oxidation sites excluding steroid dienone is 1. The van der Waals surface area contributed by atoms with Gasteiger partial charge in [-0.05, 0) is 53.8 Å². The van der Waals surface area contributed by atoms with Crippen molar-refractivity contribution < 1.29 is 0 Å². The zero-order chi connectivity index (χ0) is 12.7. The lowest BCUT2D eigenvalue weighted by Gasteiger charge is -2.05. The van der Waals surface area contributed by atoms with Crippen molar-refractivity contribution in [2.24, 2.45) is 5.11 Å². The summed E-state index contributed by atoms with van der Waals surface area (Å²) in [5.41, 5.74) is 15.4. The lowest BCUT2D eigenvalue weighted by molar-refractivity contribution is 1.15. The molecule has 2 aromatic rings. The minimum Gasteiger partial charge on any atom is -0.204 e. The minimum absolute atomic E-state index is 0.709. The molecule has 2 nitrogen and oxygen atoms in total. The van der Waals surface area contributed by atoms with Crippen LogP contribution >= 0.6 is 0 Å². The molecule has 2 heteroatoms. The molecule has 18 heavy (non-hydrogen) atoms. The Morgan fingerprint density at radius 2 is 1.56 bits per heavy atom. The molecule has 0 unspecified atom stereocenters. The number of fused-ring (bicyclic) bond motifs is 3. The Morgan fingerprint density at radius 1 is 0.889 bits per heavy atom. The molecule has 0 saturated carbocycles. The summed E-state index contributed by atoms with van der Waals surface area (Å²) in [4.78, 5) is 0. The third-order valence-electron chi connectivity index (χ3n) is 3.39. The Balaban J connectivity index is 2.39. The van der Waals surface area contributed by atoms with Crippen molar-refractivity contribution in [1.82, 2.24) is 0 Å². The molecule has 0 fully saturated rings. The van der Waals surface area contributed by atoms with E-state index in [1.54, 1.807) is 0 Å². The Labute approximate surface area is 106 Å². The van der Waals surface area contributed by atoms with Crippen LogP contribution in [0.2, 0.25) is 0 Å². The quantitative estimate of drug-likeness (QED) is 0.564. The summed E-state index contributed by atoms with van der Waals surface area (Å²) in [6.07, 6.45) is 0. The third-order valence-corrected chi connectivity index (χ3v) is 3.39. The van der Waals surface area contributed by atoms with Crippen molar-refractivity contribution in [2.45, 2.75) is 13.8 Å². The van der Waals surface area contributed by atoms with E-state index in [0.717, 1.165) is 0 Å². The fraction of sp³-hybridized carbons (Fsp3) is 0.125. The van der Waals surface area contributed by atoms with E-state index >= 15 is 0 Å². The molecule has 0 spiro atoms. The van der Waals surface area contributed by atoms with E-state index in [1.165, 1.54) is 33.4 Å². The van der Waals surface area contributed by atoms with Gasteiger partial charge in [0.1, 0.15) is 0 Å². The molecule has 0 heterocycles. The Kier molecular flexibility index (Phi) is 2.37. The zero-order valence-electron chi connectivity index (χ0n) is 10.5. The maximum absolute atomic E-state index is 7.15. The van der Waals surface area contributed by atoms with E-state index < -0.39 is 0 Å². The van der Waals surface area contributed by atoms with Gasteiger partial charge in [0.05, 0.1) is 5.69 Å². The molecule has 0 amide bonds. The van der Waals surface area contributed by atoms with Crippen LogP contribution in [0.4, 0.5) is 5.69 Å². The van der Waals surface area contributed by atoms with Crippen LogP contribution in [0.3, 0.4) is 0 Å². The summed E-state index contributed by atoms with van der Waals surface area (Å²) >= 11 is 0. The summed E-state index contributed by atoms with van der Waals surface area (Å²) in [5, 5.41) is 3.53. The van der Waals surface area contributed by atoms with Crippen LogP contribution in [0.1, 0.15) is 25.0 Å². The molecule has 0 aromatic heterocycles. The van der Waals surface area contributed by atoms with Gasteiger partial charge in [0.25, 0.3) is 0 Å². The smallest absolute Gasteiger partial charge is 0.0856 e. The summed E-state index contributed by atoms with van der Waals surface area (Å²) in [6.45, 7) is 4.26. The van der Waals surface area contributed by atoms with Crippen LogP contribution in [0.25, 0.3) is 16.7 Å². The van der Waals surface area contributed by atoms with E-state index in [4.69, 9.17) is 5.53 Å². The van der Waals surface area contributed by atoms with Gasteiger partial charge >= 0.3 is 0 Å². The molecule has 1 aliphatic carbocycles. The van der Waals surface area contributed by atoms with Crippen LogP contribution in [0.15, 0.2) is 53.2 Å². The van der Waals surface area contributed by atoms with Crippen LogP contribution < -0.4 is 0 Å².